The van der Waals surface area contributed by atoms with Gasteiger partial charge in [0.15, 0.2) is 0 Å². The van der Waals surface area contributed by atoms with Gasteiger partial charge in [0.2, 0.25) is 0 Å². The number of carbonyl (C=O) groups excluding carboxylic acids is 1. The zero-order valence-corrected chi connectivity index (χ0v) is 13.5. The minimum atomic E-state index is -0.206. The zero-order chi connectivity index (χ0) is 16.7. The topological polar surface area (TPSA) is 60.1 Å². The highest BCUT2D eigenvalue weighted by molar-refractivity contribution is 6.00. The first-order valence-electron chi connectivity index (χ1n) is 8.09. The van der Waals surface area contributed by atoms with Gasteiger partial charge in [0, 0.05) is 32.5 Å². The molecule has 0 aliphatic carbocycles. The number of likely N-dealkylation sites (tertiary alicyclic amines) is 1. The summed E-state index contributed by atoms with van der Waals surface area (Å²) in [4.78, 5) is 27.4. The Kier molecular flexibility index (Phi) is 3.45. The summed E-state index contributed by atoms with van der Waals surface area (Å²) in [5, 5.41) is 4.46. The van der Waals surface area contributed by atoms with Gasteiger partial charge in [-0.25, -0.2) is 0 Å². The highest BCUT2D eigenvalue weighted by atomic mass is 16.2. The van der Waals surface area contributed by atoms with Gasteiger partial charge in [-0.3, -0.25) is 9.59 Å². The van der Waals surface area contributed by atoms with Crippen molar-refractivity contribution in [3.05, 3.63) is 58.6 Å². The summed E-state index contributed by atoms with van der Waals surface area (Å²) in [6.07, 6.45) is 5.54. The van der Waals surface area contributed by atoms with Crippen molar-refractivity contribution in [2.24, 2.45) is 7.05 Å². The molecule has 6 nitrogen and oxygen atoms in total. The predicted molar refractivity (Wildman–Crippen MR) is 90.6 cm³/mol. The van der Waals surface area contributed by atoms with Crippen LogP contribution in [0.4, 0.5) is 0 Å². The molecule has 3 heterocycles. The minimum absolute atomic E-state index is 0.0496. The Morgan fingerprint density at radius 1 is 1.08 bits per heavy atom. The molecule has 0 N–H and O–H groups in total. The number of para-hydroxylation sites is 1. The normalized spacial score (nSPS) is 14.5. The first-order chi connectivity index (χ1) is 11.6. The van der Waals surface area contributed by atoms with Crippen molar-refractivity contribution in [2.75, 3.05) is 13.1 Å². The molecule has 1 saturated heterocycles. The number of pyridine rings is 1. The molecule has 3 aliphatic heterocycles. The van der Waals surface area contributed by atoms with Crippen LogP contribution in [0.15, 0.2) is 47.5 Å². The lowest BCUT2D eigenvalue weighted by molar-refractivity contribution is 0.0792. The molecule has 1 fully saturated rings. The number of hydrogen-bond acceptors (Lipinski definition) is 3. The van der Waals surface area contributed by atoms with E-state index in [-0.39, 0.29) is 11.5 Å². The second-order valence-corrected chi connectivity index (χ2v) is 6.15. The molecule has 3 aliphatic rings. The lowest BCUT2D eigenvalue weighted by atomic mass is 10.1. The second kappa shape index (κ2) is 5.63. The van der Waals surface area contributed by atoms with Gasteiger partial charge in [-0.05, 0) is 25.0 Å². The summed E-state index contributed by atoms with van der Waals surface area (Å²) >= 11 is 0. The van der Waals surface area contributed by atoms with Gasteiger partial charge in [0.05, 0.1) is 16.8 Å². The van der Waals surface area contributed by atoms with Gasteiger partial charge in [0.25, 0.3) is 11.5 Å². The van der Waals surface area contributed by atoms with E-state index in [9.17, 15) is 9.59 Å². The van der Waals surface area contributed by atoms with Crippen molar-refractivity contribution in [1.82, 2.24) is 19.2 Å². The van der Waals surface area contributed by atoms with Crippen LogP contribution in [0.1, 0.15) is 23.2 Å². The summed E-state index contributed by atoms with van der Waals surface area (Å²) in [6, 6.07) is 9.26. The first kappa shape index (κ1) is 14.7. The van der Waals surface area contributed by atoms with Crippen LogP contribution in [0, 0.1) is 0 Å². The molecule has 1 amide bonds. The maximum absolute atomic E-state index is 12.8. The van der Waals surface area contributed by atoms with E-state index >= 15 is 0 Å². The number of fused-ring (bicyclic) bond motifs is 1. The van der Waals surface area contributed by atoms with Crippen molar-refractivity contribution in [2.45, 2.75) is 12.8 Å². The van der Waals surface area contributed by atoms with Crippen molar-refractivity contribution >= 4 is 5.91 Å². The number of aryl methyl sites for hydroxylation is 1. The third-order valence-corrected chi connectivity index (χ3v) is 4.42. The van der Waals surface area contributed by atoms with E-state index in [0.717, 1.165) is 25.9 Å². The number of nitrogens with zero attached hydrogens (tertiary/aromatic N) is 4. The van der Waals surface area contributed by atoms with Gasteiger partial charge in [-0.2, -0.15) is 9.78 Å². The molecule has 1 aromatic rings. The van der Waals surface area contributed by atoms with Crippen LogP contribution in [-0.4, -0.2) is 38.2 Å². The third kappa shape index (κ3) is 2.31. The molecule has 1 aromatic carbocycles. The Bertz CT molecular complexity index is 920. The standard InChI is InChI=1S/C18H18N4O2/c1-20-11-14(17(23)21-9-5-6-10-21)16-15(12-20)18(24)22(19-16)13-7-3-2-4-8-13/h2-4,7-8,11-12H,5-6,9-10H2,1H3. The van der Waals surface area contributed by atoms with E-state index in [1.165, 1.54) is 4.68 Å². The average Bonchev–Trinajstić information content (AvgIpc) is 3.24. The van der Waals surface area contributed by atoms with Gasteiger partial charge in [-0.1, -0.05) is 18.2 Å². The van der Waals surface area contributed by atoms with Crippen molar-refractivity contribution in [1.29, 1.82) is 0 Å². The molecule has 0 radical (unpaired) electrons. The zero-order valence-electron chi connectivity index (χ0n) is 13.5. The SMILES string of the molecule is Cn1cc(C(=O)N2CCCC2)c2nn(-c3ccccc3)c(=O)c-2c1. The monoisotopic (exact) mass is 322 g/mol. The lowest BCUT2D eigenvalue weighted by Gasteiger charge is -2.17. The highest BCUT2D eigenvalue weighted by Crippen LogP contribution is 2.24. The smallest absolute Gasteiger partial charge is 0.282 e. The van der Waals surface area contributed by atoms with Crippen molar-refractivity contribution in [3.63, 3.8) is 0 Å². The number of aromatic nitrogens is 3. The van der Waals surface area contributed by atoms with E-state index in [4.69, 9.17) is 0 Å². The molecule has 0 aromatic heterocycles. The lowest BCUT2D eigenvalue weighted by Crippen LogP contribution is -2.28. The fraction of sp³-hybridized carbons (Fsp3) is 0.278. The number of hydrogen-bond donors (Lipinski definition) is 0. The molecule has 0 unspecified atom stereocenters. The molecular formula is C18H18N4O2. The van der Waals surface area contributed by atoms with Crippen LogP contribution < -0.4 is 5.56 Å². The number of rotatable bonds is 2. The minimum Gasteiger partial charge on any atom is -0.356 e. The van der Waals surface area contributed by atoms with Gasteiger partial charge in [0.1, 0.15) is 5.69 Å². The maximum atomic E-state index is 12.8. The largest absolute Gasteiger partial charge is 0.356 e. The summed E-state index contributed by atoms with van der Waals surface area (Å²) < 4.78 is 3.12. The van der Waals surface area contributed by atoms with Crippen LogP contribution in [0.3, 0.4) is 0 Å². The van der Waals surface area contributed by atoms with E-state index in [1.807, 2.05) is 42.3 Å². The summed E-state index contributed by atoms with van der Waals surface area (Å²) in [5.41, 5.74) is 1.91. The quantitative estimate of drug-likeness (QED) is 0.724. The number of benzene rings is 1. The van der Waals surface area contributed by atoms with E-state index in [1.54, 1.807) is 17.0 Å². The van der Waals surface area contributed by atoms with Gasteiger partial charge >= 0.3 is 0 Å². The summed E-state index contributed by atoms with van der Waals surface area (Å²) in [7, 11) is 1.82. The molecule has 0 spiro atoms. The van der Waals surface area contributed by atoms with Crippen LogP contribution in [0.25, 0.3) is 16.9 Å². The average molecular weight is 322 g/mol. The molecule has 122 valence electrons. The van der Waals surface area contributed by atoms with Crippen LogP contribution in [0.2, 0.25) is 0 Å². The Morgan fingerprint density at radius 2 is 1.79 bits per heavy atom. The summed E-state index contributed by atoms with van der Waals surface area (Å²) in [5.74, 6) is -0.0496. The number of carbonyl (C=O) groups is 1. The molecule has 24 heavy (non-hydrogen) atoms. The van der Waals surface area contributed by atoms with Crippen LogP contribution in [-0.2, 0) is 7.05 Å². The highest BCUT2D eigenvalue weighted by Gasteiger charge is 2.27. The molecule has 0 bridgehead atoms. The maximum Gasteiger partial charge on any atom is 0.282 e. The molecule has 0 atom stereocenters. The Hall–Kier alpha value is -2.89. The Morgan fingerprint density at radius 3 is 2.50 bits per heavy atom. The number of amides is 1. The van der Waals surface area contributed by atoms with E-state index < -0.39 is 0 Å². The van der Waals surface area contributed by atoms with Crippen LogP contribution in [0.5, 0.6) is 0 Å². The predicted octanol–water partition coefficient (Wildman–Crippen LogP) is 1.91. The van der Waals surface area contributed by atoms with Gasteiger partial charge in [-0.15, -0.1) is 0 Å². The molecule has 4 rings (SSSR count). The third-order valence-electron chi connectivity index (χ3n) is 4.42. The van der Waals surface area contributed by atoms with Crippen molar-refractivity contribution in [3.8, 4) is 16.9 Å². The molecule has 0 saturated carbocycles. The first-order valence-corrected chi connectivity index (χ1v) is 8.09. The second-order valence-electron chi connectivity index (χ2n) is 6.15. The Labute approximate surface area is 139 Å². The molecule has 6 heteroatoms. The van der Waals surface area contributed by atoms with Gasteiger partial charge < -0.3 is 9.47 Å². The van der Waals surface area contributed by atoms with Crippen LogP contribution >= 0.6 is 0 Å². The van der Waals surface area contributed by atoms with E-state index in [0.29, 0.717) is 22.5 Å². The molecular weight excluding hydrogens is 304 g/mol. The Balaban J connectivity index is 1.89. The van der Waals surface area contributed by atoms with Crippen molar-refractivity contribution < 1.29 is 4.79 Å². The summed E-state index contributed by atoms with van der Waals surface area (Å²) in [6.45, 7) is 1.53. The fourth-order valence-corrected chi connectivity index (χ4v) is 3.23. The van der Waals surface area contributed by atoms with E-state index in [2.05, 4.69) is 5.10 Å². The fourth-order valence-electron chi connectivity index (χ4n) is 3.23.